The van der Waals surface area contributed by atoms with E-state index in [2.05, 4.69) is 15.1 Å². The lowest BCUT2D eigenvalue weighted by Crippen LogP contribution is -2.25. The number of aromatic nitrogens is 4. The van der Waals surface area contributed by atoms with Crippen LogP contribution < -0.4 is 5.56 Å². The molecular weight excluding hydrogens is 384 g/mol. The van der Waals surface area contributed by atoms with Crippen molar-refractivity contribution in [1.82, 2.24) is 19.7 Å². The largest absolute Gasteiger partial charge is 0.383 e. The molecule has 27 heavy (non-hydrogen) atoms. The van der Waals surface area contributed by atoms with Crippen molar-refractivity contribution in [2.24, 2.45) is 0 Å². The molecule has 0 saturated heterocycles. The minimum atomic E-state index is -0.0787. The van der Waals surface area contributed by atoms with Gasteiger partial charge < -0.3 is 9.26 Å². The van der Waals surface area contributed by atoms with E-state index in [0.717, 1.165) is 4.88 Å². The van der Waals surface area contributed by atoms with Crippen LogP contribution in [0.25, 0.3) is 21.6 Å². The number of para-hydroxylation sites is 1. The summed E-state index contributed by atoms with van der Waals surface area (Å²) in [5.41, 5.74) is 0.591. The molecule has 0 fully saturated rings. The number of ether oxygens (including phenoxy) is 1. The molecule has 4 aromatic rings. The molecule has 9 heteroatoms. The molecule has 0 saturated carbocycles. The highest BCUT2D eigenvalue weighted by molar-refractivity contribution is 7.98. The maximum absolute atomic E-state index is 12.8. The predicted octanol–water partition coefficient (Wildman–Crippen LogP) is 3.45. The van der Waals surface area contributed by atoms with Gasteiger partial charge in [-0.05, 0) is 23.6 Å². The van der Waals surface area contributed by atoms with Gasteiger partial charge in [0.1, 0.15) is 0 Å². The molecule has 0 aliphatic carbocycles. The number of nitrogens with zero attached hydrogens (tertiary/aromatic N) is 4. The maximum Gasteiger partial charge on any atom is 0.262 e. The van der Waals surface area contributed by atoms with Gasteiger partial charge in [0.05, 0.1) is 34.7 Å². The molecule has 0 N–H and O–H groups in total. The molecule has 0 atom stereocenters. The van der Waals surface area contributed by atoms with E-state index in [1.807, 2.05) is 35.7 Å². The second kappa shape index (κ2) is 8.03. The number of thioether (sulfide) groups is 1. The van der Waals surface area contributed by atoms with Gasteiger partial charge in [0.2, 0.25) is 11.7 Å². The zero-order valence-electron chi connectivity index (χ0n) is 14.5. The number of rotatable bonds is 7. The van der Waals surface area contributed by atoms with Crippen LogP contribution in [-0.2, 0) is 17.0 Å². The van der Waals surface area contributed by atoms with E-state index >= 15 is 0 Å². The van der Waals surface area contributed by atoms with Gasteiger partial charge >= 0.3 is 0 Å². The average Bonchev–Trinajstić information content (AvgIpc) is 3.37. The lowest BCUT2D eigenvalue weighted by Gasteiger charge is -2.11. The summed E-state index contributed by atoms with van der Waals surface area (Å²) in [7, 11) is 1.61. The lowest BCUT2D eigenvalue weighted by molar-refractivity contribution is 0.183. The van der Waals surface area contributed by atoms with E-state index in [-0.39, 0.29) is 5.56 Å². The van der Waals surface area contributed by atoms with Crippen LogP contribution in [0.3, 0.4) is 0 Å². The van der Waals surface area contributed by atoms with Crippen LogP contribution in [0.5, 0.6) is 0 Å². The highest BCUT2D eigenvalue weighted by atomic mass is 32.2. The zero-order chi connectivity index (χ0) is 18.6. The van der Waals surface area contributed by atoms with Crippen molar-refractivity contribution in [3.8, 4) is 10.7 Å². The van der Waals surface area contributed by atoms with Gasteiger partial charge in [-0.25, -0.2) is 4.98 Å². The highest BCUT2D eigenvalue weighted by Gasteiger charge is 2.14. The molecule has 1 aromatic carbocycles. The summed E-state index contributed by atoms with van der Waals surface area (Å²) in [5.74, 6) is 1.49. The molecule has 0 bridgehead atoms. The molecule has 0 amide bonds. The Morgan fingerprint density at radius 2 is 2.11 bits per heavy atom. The monoisotopic (exact) mass is 400 g/mol. The number of hydrogen-bond donors (Lipinski definition) is 0. The summed E-state index contributed by atoms with van der Waals surface area (Å²) in [5, 5.41) is 7.17. The number of hydrogen-bond acceptors (Lipinski definition) is 8. The van der Waals surface area contributed by atoms with E-state index in [9.17, 15) is 4.79 Å². The van der Waals surface area contributed by atoms with Crippen molar-refractivity contribution >= 4 is 34.0 Å². The van der Waals surface area contributed by atoms with Crippen molar-refractivity contribution in [3.63, 3.8) is 0 Å². The number of fused-ring (bicyclic) bond motifs is 1. The Kier molecular flexibility index (Phi) is 5.33. The molecule has 138 valence electrons. The topological polar surface area (TPSA) is 83.0 Å². The molecule has 0 unspecified atom stereocenters. The summed E-state index contributed by atoms with van der Waals surface area (Å²) in [4.78, 5) is 22.8. The summed E-state index contributed by atoms with van der Waals surface area (Å²) in [6.45, 7) is 0.857. The third-order valence-electron chi connectivity index (χ3n) is 3.88. The van der Waals surface area contributed by atoms with Crippen LogP contribution in [-0.4, -0.2) is 33.4 Å². The Morgan fingerprint density at radius 1 is 1.22 bits per heavy atom. The molecule has 0 spiro atoms. The molecule has 7 nitrogen and oxygen atoms in total. The fourth-order valence-electron chi connectivity index (χ4n) is 2.58. The Labute approximate surface area is 163 Å². The maximum atomic E-state index is 12.8. The van der Waals surface area contributed by atoms with Crippen LogP contribution >= 0.6 is 23.1 Å². The highest BCUT2D eigenvalue weighted by Crippen LogP contribution is 2.25. The van der Waals surface area contributed by atoms with Crippen LogP contribution in [0.4, 0.5) is 0 Å². The normalized spacial score (nSPS) is 11.3. The van der Waals surface area contributed by atoms with Gasteiger partial charge in [0, 0.05) is 7.11 Å². The first-order chi connectivity index (χ1) is 13.3. The summed E-state index contributed by atoms with van der Waals surface area (Å²) < 4.78 is 12.1. The molecule has 3 heterocycles. The van der Waals surface area contributed by atoms with E-state index in [1.54, 1.807) is 29.1 Å². The Bertz CT molecular complexity index is 1110. The fourth-order valence-corrected chi connectivity index (χ4v) is 4.10. The quantitative estimate of drug-likeness (QED) is 0.347. The Morgan fingerprint density at radius 3 is 2.93 bits per heavy atom. The fraction of sp³-hybridized carbons (Fsp3) is 0.222. The molecule has 0 aliphatic rings. The van der Waals surface area contributed by atoms with Gasteiger partial charge in [-0.1, -0.05) is 35.1 Å². The van der Waals surface area contributed by atoms with Gasteiger partial charge in [-0.2, -0.15) is 4.98 Å². The average molecular weight is 400 g/mol. The van der Waals surface area contributed by atoms with E-state index in [1.165, 1.54) is 11.8 Å². The SMILES string of the molecule is COCCn1c(SCc2nc(-c3cccs3)no2)nc2ccccc2c1=O. The van der Waals surface area contributed by atoms with Crippen molar-refractivity contribution in [1.29, 1.82) is 0 Å². The first kappa shape index (κ1) is 17.9. The molecule has 0 radical (unpaired) electrons. The van der Waals surface area contributed by atoms with Crippen LogP contribution in [0.1, 0.15) is 5.89 Å². The summed E-state index contributed by atoms with van der Waals surface area (Å²) >= 11 is 2.95. The second-order valence-electron chi connectivity index (χ2n) is 5.64. The van der Waals surface area contributed by atoms with Crippen LogP contribution in [0.15, 0.2) is 56.3 Å². The van der Waals surface area contributed by atoms with Gasteiger partial charge in [-0.15, -0.1) is 11.3 Å². The first-order valence-electron chi connectivity index (χ1n) is 8.24. The number of thiophene rings is 1. The van der Waals surface area contributed by atoms with Gasteiger partial charge in [0.25, 0.3) is 5.56 Å². The van der Waals surface area contributed by atoms with Gasteiger partial charge in [0.15, 0.2) is 5.16 Å². The van der Waals surface area contributed by atoms with E-state index in [4.69, 9.17) is 9.26 Å². The van der Waals surface area contributed by atoms with Crippen LogP contribution in [0.2, 0.25) is 0 Å². The lowest BCUT2D eigenvalue weighted by atomic mass is 10.2. The van der Waals surface area contributed by atoms with Crippen molar-refractivity contribution in [2.45, 2.75) is 17.5 Å². The minimum absolute atomic E-state index is 0.0787. The molecule has 4 rings (SSSR count). The standard InChI is InChI=1S/C18H16N4O3S2/c1-24-9-8-22-17(23)12-5-2-3-6-13(12)19-18(22)27-11-15-20-16(21-25-15)14-7-4-10-26-14/h2-7,10H,8-9,11H2,1H3. The third-order valence-corrected chi connectivity index (χ3v) is 5.71. The molecular formula is C18H16N4O3S2. The molecule has 0 aliphatic heterocycles. The summed E-state index contributed by atoms with van der Waals surface area (Å²) in [6.07, 6.45) is 0. The van der Waals surface area contributed by atoms with E-state index < -0.39 is 0 Å². The smallest absolute Gasteiger partial charge is 0.262 e. The first-order valence-corrected chi connectivity index (χ1v) is 10.1. The zero-order valence-corrected chi connectivity index (χ0v) is 16.1. The van der Waals surface area contributed by atoms with Crippen LogP contribution in [0, 0.1) is 0 Å². The van der Waals surface area contributed by atoms with Crippen molar-refractivity contribution in [2.75, 3.05) is 13.7 Å². The summed E-state index contributed by atoms with van der Waals surface area (Å²) in [6, 6.07) is 11.2. The molecule has 3 aromatic heterocycles. The predicted molar refractivity (Wildman–Crippen MR) is 105 cm³/mol. The second-order valence-corrected chi connectivity index (χ2v) is 7.53. The van der Waals surface area contributed by atoms with Crippen molar-refractivity contribution < 1.29 is 9.26 Å². The van der Waals surface area contributed by atoms with E-state index in [0.29, 0.717) is 46.7 Å². The number of benzene rings is 1. The minimum Gasteiger partial charge on any atom is -0.383 e. The Balaban J connectivity index is 1.61. The van der Waals surface area contributed by atoms with Gasteiger partial charge in [-0.3, -0.25) is 9.36 Å². The Hall–Kier alpha value is -2.49. The third kappa shape index (κ3) is 3.80. The van der Waals surface area contributed by atoms with Crippen molar-refractivity contribution in [3.05, 3.63) is 58.0 Å². The number of methoxy groups -OCH3 is 1.